The summed E-state index contributed by atoms with van der Waals surface area (Å²) in [6.45, 7) is 6.02. The predicted molar refractivity (Wildman–Crippen MR) is 55.1 cm³/mol. The average Bonchev–Trinajstić information content (AvgIpc) is 2.10. The van der Waals surface area contributed by atoms with Crippen molar-refractivity contribution in [1.82, 2.24) is 5.43 Å². The molecule has 0 aliphatic carbocycles. The molecule has 0 amide bonds. The van der Waals surface area contributed by atoms with Gasteiger partial charge < -0.3 is 0 Å². The van der Waals surface area contributed by atoms with Crippen LogP contribution in [0, 0.1) is 5.41 Å². The molecule has 0 aromatic rings. The SMILES string of the molecule is CCC(C)(C)C(CCCC(F)(F)F)NN. The Bertz CT molecular complexity index is 178. The second-order valence-electron chi connectivity index (χ2n) is 4.57. The Morgan fingerprint density at radius 2 is 1.80 bits per heavy atom. The van der Waals surface area contributed by atoms with Crippen LogP contribution in [0.15, 0.2) is 0 Å². The van der Waals surface area contributed by atoms with Crippen molar-refractivity contribution in [2.75, 3.05) is 0 Å². The van der Waals surface area contributed by atoms with Gasteiger partial charge in [-0.3, -0.25) is 11.3 Å². The number of hydrazine groups is 1. The van der Waals surface area contributed by atoms with Crippen LogP contribution in [0.3, 0.4) is 0 Å². The highest BCUT2D eigenvalue weighted by Gasteiger charge is 2.30. The van der Waals surface area contributed by atoms with Gasteiger partial charge in [0.2, 0.25) is 0 Å². The molecule has 0 saturated heterocycles. The van der Waals surface area contributed by atoms with Crippen molar-refractivity contribution in [3.8, 4) is 0 Å². The highest BCUT2D eigenvalue weighted by Crippen LogP contribution is 2.29. The van der Waals surface area contributed by atoms with Crippen LogP contribution in [0.5, 0.6) is 0 Å². The van der Waals surface area contributed by atoms with Gasteiger partial charge in [-0.15, -0.1) is 0 Å². The maximum atomic E-state index is 11.9. The van der Waals surface area contributed by atoms with Crippen LogP contribution < -0.4 is 11.3 Å². The summed E-state index contributed by atoms with van der Waals surface area (Å²) in [6.07, 6.45) is -3.33. The molecule has 0 fully saturated rings. The van der Waals surface area contributed by atoms with Gasteiger partial charge in [0.1, 0.15) is 0 Å². The summed E-state index contributed by atoms with van der Waals surface area (Å²) in [4.78, 5) is 0. The van der Waals surface area contributed by atoms with E-state index in [1.807, 2.05) is 20.8 Å². The largest absolute Gasteiger partial charge is 0.389 e. The van der Waals surface area contributed by atoms with Crippen LogP contribution >= 0.6 is 0 Å². The third-order valence-corrected chi connectivity index (χ3v) is 3.01. The Balaban J connectivity index is 4.02. The number of hydrogen-bond acceptors (Lipinski definition) is 2. The van der Waals surface area contributed by atoms with E-state index in [4.69, 9.17) is 5.84 Å². The van der Waals surface area contributed by atoms with Gasteiger partial charge in [0.05, 0.1) is 0 Å². The van der Waals surface area contributed by atoms with Crippen molar-refractivity contribution in [3.05, 3.63) is 0 Å². The summed E-state index contributed by atoms with van der Waals surface area (Å²) in [5.74, 6) is 5.35. The summed E-state index contributed by atoms with van der Waals surface area (Å²) < 4.78 is 35.8. The molecule has 1 atom stereocenters. The minimum atomic E-state index is -4.06. The molecular formula is C10H21F3N2. The van der Waals surface area contributed by atoms with Gasteiger partial charge in [-0.2, -0.15) is 13.2 Å². The quantitative estimate of drug-likeness (QED) is 0.539. The minimum absolute atomic E-state index is 0.0650. The number of nitrogens with one attached hydrogen (secondary N) is 1. The topological polar surface area (TPSA) is 38.0 Å². The van der Waals surface area contributed by atoms with Crippen LogP contribution in [0.2, 0.25) is 0 Å². The molecule has 92 valence electrons. The molecule has 0 aromatic carbocycles. The lowest BCUT2D eigenvalue weighted by atomic mass is 9.80. The second-order valence-corrected chi connectivity index (χ2v) is 4.57. The monoisotopic (exact) mass is 226 g/mol. The number of halogens is 3. The summed E-state index contributed by atoms with van der Waals surface area (Å²) in [5.41, 5.74) is 2.54. The van der Waals surface area contributed by atoms with Crippen LogP contribution in [-0.2, 0) is 0 Å². The zero-order valence-corrected chi connectivity index (χ0v) is 9.62. The molecule has 0 bridgehead atoms. The first-order chi connectivity index (χ1) is 6.73. The number of alkyl halides is 3. The zero-order chi connectivity index (χ0) is 12.1. The van der Waals surface area contributed by atoms with E-state index in [1.54, 1.807) is 0 Å². The number of nitrogens with two attached hydrogens (primary N) is 1. The summed E-state index contributed by atoms with van der Waals surface area (Å²) in [7, 11) is 0. The fourth-order valence-corrected chi connectivity index (χ4v) is 1.45. The Morgan fingerprint density at radius 1 is 1.27 bits per heavy atom. The number of rotatable bonds is 6. The lowest BCUT2D eigenvalue weighted by Crippen LogP contribution is -2.45. The van der Waals surface area contributed by atoms with Gasteiger partial charge in [0, 0.05) is 12.5 Å². The molecule has 0 radical (unpaired) electrons. The number of hydrogen-bond donors (Lipinski definition) is 2. The molecule has 0 rings (SSSR count). The third kappa shape index (κ3) is 5.99. The Hall–Kier alpha value is -0.290. The maximum Gasteiger partial charge on any atom is 0.389 e. The average molecular weight is 226 g/mol. The molecular weight excluding hydrogens is 205 g/mol. The van der Waals surface area contributed by atoms with E-state index >= 15 is 0 Å². The Morgan fingerprint density at radius 3 is 2.13 bits per heavy atom. The fraction of sp³-hybridized carbons (Fsp3) is 1.00. The smallest absolute Gasteiger partial charge is 0.271 e. The first-order valence-corrected chi connectivity index (χ1v) is 5.26. The van der Waals surface area contributed by atoms with Gasteiger partial charge in [-0.1, -0.05) is 20.8 Å². The lowest BCUT2D eigenvalue weighted by Gasteiger charge is -2.33. The molecule has 5 heteroatoms. The highest BCUT2D eigenvalue weighted by molar-refractivity contribution is 4.81. The van der Waals surface area contributed by atoms with Crippen molar-refractivity contribution in [2.24, 2.45) is 11.3 Å². The van der Waals surface area contributed by atoms with E-state index in [9.17, 15) is 13.2 Å². The van der Waals surface area contributed by atoms with Gasteiger partial charge in [-0.25, -0.2) is 0 Å². The van der Waals surface area contributed by atoms with Crippen LogP contribution in [0.1, 0.15) is 46.5 Å². The van der Waals surface area contributed by atoms with Gasteiger partial charge in [0.25, 0.3) is 0 Å². The van der Waals surface area contributed by atoms with E-state index < -0.39 is 12.6 Å². The zero-order valence-electron chi connectivity index (χ0n) is 9.62. The predicted octanol–water partition coefficient (Wildman–Crippen LogP) is 2.99. The van der Waals surface area contributed by atoms with Crippen LogP contribution in [0.4, 0.5) is 13.2 Å². The van der Waals surface area contributed by atoms with Crippen molar-refractivity contribution in [2.45, 2.75) is 58.7 Å². The van der Waals surface area contributed by atoms with Crippen LogP contribution in [0.25, 0.3) is 0 Å². The second kappa shape index (κ2) is 5.70. The van der Waals surface area contributed by atoms with Crippen molar-refractivity contribution in [3.63, 3.8) is 0 Å². The maximum absolute atomic E-state index is 11.9. The van der Waals surface area contributed by atoms with Crippen LogP contribution in [-0.4, -0.2) is 12.2 Å². The standard InChI is InChI=1S/C10H21F3N2/c1-4-9(2,3)8(15-14)6-5-7-10(11,12)13/h8,15H,4-7,14H2,1-3H3. The minimum Gasteiger partial charge on any atom is -0.271 e. The Kier molecular flexibility index (Phi) is 5.59. The van der Waals surface area contributed by atoms with Crippen molar-refractivity contribution < 1.29 is 13.2 Å². The van der Waals surface area contributed by atoms with Gasteiger partial charge in [0.15, 0.2) is 0 Å². The summed E-state index contributed by atoms with van der Waals surface area (Å²) >= 11 is 0. The lowest BCUT2D eigenvalue weighted by molar-refractivity contribution is -0.136. The Labute approximate surface area is 89.4 Å². The van der Waals surface area contributed by atoms with Gasteiger partial charge >= 0.3 is 6.18 Å². The van der Waals surface area contributed by atoms with E-state index in [-0.39, 0.29) is 17.9 Å². The van der Waals surface area contributed by atoms with E-state index in [0.717, 1.165) is 6.42 Å². The molecule has 1 unspecified atom stereocenters. The fourth-order valence-electron chi connectivity index (χ4n) is 1.45. The van der Waals surface area contributed by atoms with Crippen molar-refractivity contribution in [1.29, 1.82) is 0 Å². The normalized spacial score (nSPS) is 15.4. The molecule has 2 nitrogen and oxygen atoms in total. The van der Waals surface area contributed by atoms with E-state index in [0.29, 0.717) is 6.42 Å². The van der Waals surface area contributed by atoms with Gasteiger partial charge in [-0.05, 0) is 24.7 Å². The van der Waals surface area contributed by atoms with E-state index in [1.165, 1.54) is 0 Å². The molecule has 0 aliphatic heterocycles. The molecule has 0 saturated carbocycles. The van der Waals surface area contributed by atoms with Crippen molar-refractivity contribution >= 4 is 0 Å². The first kappa shape index (κ1) is 14.7. The molecule has 0 heterocycles. The summed E-state index contributed by atoms with van der Waals surface area (Å²) in [5, 5.41) is 0. The van der Waals surface area contributed by atoms with E-state index in [2.05, 4.69) is 5.43 Å². The third-order valence-electron chi connectivity index (χ3n) is 3.01. The molecule has 3 N–H and O–H groups in total. The molecule has 0 aromatic heterocycles. The molecule has 15 heavy (non-hydrogen) atoms. The highest BCUT2D eigenvalue weighted by atomic mass is 19.4. The molecule has 0 aliphatic rings. The molecule has 0 spiro atoms. The first-order valence-electron chi connectivity index (χ1n) is 5.26. The summed E-state index contributed by atoms with van der Waals surface area (Å²) in [6, 6.07) is -0.0650.